The lowest BCUT2D eigenvalue weighted by Crippen LogP contribution is -1.93. The number of hydrogen-bond donors (Lipinski definition) is 0. The van der Waals surface area contributed by atoms with Crippen LogP contribution in [0.2, 0.25) is 0 Å². The van der Waals surface area contributed by atoms with E-state index in [4.69, 9.17) is 4.98 Å². The van der Waals surface area contributed by atoms with Crippen molar-refractivity contribution in [3.63, 3.8) is 0 Å². The largest absolute Gasteiger partial charge is 0.263 e. The molecule has 0 aliphatic rings. The van der Waals surface area contributed by atoms with Gasteiger partial charge in [-0.3, -0.25) is 9.97 Å². The maximum absolute atomic E-state index is 4.94. The minimum Gasteiger partial charge on any atom is -0.263 e. The fourth-order valence-corrected chi connectivity index (χ4v) is 7.14. The summed E-state index contributed by atoms with van der Waals surface area (Å²) in [5, 5.41) is 9.75. The molecule has 2 heteroatoms. The van der Waals surface area contributed by atoms with E-state index in [1.807, 2.05) is 24.7 Å². The third kappa shape index (κ3) is 4.19. The Hall–Kier alpha value is -6.12. The molecule has 46 heavy (non-hydrogen) atoms. The predicted molar refractivity (Wildman–Crippen MR) is 194 cm³/mol. The standard InChI is InChI=1S/C44H28N2/c1-2-12-29(13-3-1)43-36-18-8-10-20-38(36)44(39-21-11-9-19-37(39)43)40-24-23-33(34-16-6-7-17-35(34)40)31-22-25-42(46-27-31)41-28-45-26-30-14-4-5-15-32(30)41/h1-28H. The first-order valence-corrected chi connectivity index (χ1v) is 15.7. The highest BCUT2D eigenvalue weighted by Crippen LogP contribution is 2.46. The molecule has 9 aromatic rings. The summed E-state index contributed by atoms with van der Waals surface area (Å²) in [7, 11) is 0. The van der Waals surface area contributed by atoms with E-state index in [0.717, 1.165) is 27.6 Å². The van der Waals surface area contributed by atoms with E-state index in [0.29, 0.717) is 0 Å². The maximum Gasteiger partial charge on any atom is 0.0724 e. The van der Waals surface area contributed by atoms with Crippen LogP contribution in [0, 0.1) is 0 Å². The number of aromatic nitrogens is 2. The van der Waals surface area contributed by atoms with Crippen molar-refractivity contribution >= 4 is 43.1 Å². The maximum atomic E-state index is 4.94. The lowest BCUT2D eigenvalue weighted by Gasteiger charge is -2.19. The van der Waals surface area contributed by atoms with Crippen LogP contribution in [0.5, 0.6) is 0 Å². The number of fused-ring (bicyclic) bond motifs is 4. The van der Waals surface area contributed by atoms with Crippen molar-refractivity contribution < 1.29 is 0 Å². The van der Waals surface area contributed by atoms with E-state index in [9.17, 15) is 0 Å². The third-order valence-corrected chi connectivity index (χ3v) is 9.21. The monoisotopic (exact) mass is 584 g/mol. The highest BCUT2D eigenvalue weighted by Gasteiger charge is 2.19. The van der Waals surface area contributed by atoms with Gasteiger partial charge < -0.3 is 0 Å². The van der Waals surface area contributed by atoms with Crippen molar-refractivity contribution in [1.29, 1.82) is 0 Å². The fraction of sp³-hybridized carbons (Fsp3) is 0. The van der Waals surface area contributed by atoms with Gasteiger partial charge in [0.05, 0.1) is 5.69 Å². The number of benzene rings is 7. The summed E-state index contributed by atoms with van der Waals surface area (Å²) in [4.78, 5) is 9.42. The highest BCUT2D eigenvalue weighted by molar-refractivity contribution is 6.24. The zero-order valence-electron chi connectivity index (χ0n) is 25.1. The Bertz CT molecular complexity index is 2500. The van der Waals surface area contributed by atoms with Gasteiger partial charge in [-0.05, 0) is 71.6 Å². The van der Waals surface area contributed by atoms with E-state index >= 15 is 0 Å². The van der Waals surface area contributed by atoms with Gasteiger partial charge in [-0.1, -0.05) is 146 Å². The van der Waals surface area contributed by atoms with Gasteiger partial charge in [-0.2, -0.15) is 0 Å². The molecule has 2 heterocycles. The molecule has 0 radical (unpaired) electrons. The molecule has 0 N–H and O–H groups in total. The molecule has 0 spiro atoms. The molecule has 9 rings (SSSR count). The predicted octanol–water partition coefficient (Wildman–Crippen LogP) is 11.8. The Morgan fingerprint density at radius 1 is 0.304 bits per heavy atom. The number of nitrogens with zero attached hydrogens (tertiary/aromatic N) is 2. The zero-order valence-corrected chi connectivity index (χ0v) is 25.1. The summed E-state index contributed by atoms with van der Waals surface area (Å²) in [6.45, 7) is 0. The van der Waals surface area contributed by atoms with Crippen LogP contribution in [-0.4, -0.2) is 9.97 Å². The Kier molecular flexibility index (Phi) is 6.17. The lowest BCUT2D eigenvalue weighted by atomic mass is 9.84. The van der Waals surface area contributed by atoms with Crippen LogP contribution in [0.25, 0.3) is 87.7 Å². The molecule has 0 aliphatic carbocycles. The third-order valence-electron chi connectivity index (χ3n) is 9.21. The molecule has 0 saturated heterocycles. The molecule has 0 aliphatic heterocycles. The van der Waals surface area contributed by atoms with Gasteiger partial charge in [-0.15, -0.1) is 0 Å². The van der Waals surface area contributed by atoms with Crippen LogP contribution in [0.1, 0.15) is 0 Å². The zero-order chi connectivity index (χ0) is 30.5. The summed E-state index contributed by atoms with van der Waals surface area (Å²) in [5.74, 6) is 0. The van der Waals surface area contributed by atoms with Crippen molar-refractivity contribution in [3.05, 3.63) is 170 Å². The fourth-order valence-electron chi connectivity index (χ4n) is 7.14. The summed E-state index contributed by atoms with van der Waals surface area (Å²) >= 11 is 0. The van der Waals surface area contributed by atoms with Crippen molar-refractivity contribution in [2.24, 2.45) is 0 Å². The number of rotatable bonds is 4. The summed E-state index contributed by atoms with van der Waals surface area (Å²) in [6, 6.07) is 54.4. The average Bonchev–Trinajstić information content (AvgIpc) is 3.14. The number of pyridine rings is 2. The van der Waals surface area contributed by atoms with Gasteiger partial charge in [0, 0.05) is 35.1 Å². The Balaban J connectivity index is 1.25. The van der Waals surface area contributed by atoms with Gasteiger partial charge in [-0.25, -0.2) is 0 Å². The molecule has 0 saturated carbocycles. The first-order valence-electron chi connectivity index (χ1n) is 15.7. The molecular formula is C44H28N2. The van der Waals surface area contributed by atoms with Gasteiger partial charge in [0.2, 0.25) is 0 Å². The van der Waals surface area contributed by atoms with Gasteiger partial charge >= 0.3 is 0 Å². The highest BCUT2D eigenvalue weighted by atomic mass is 14.7. The summed E-state index contributed by atoms with van der Waals surface area (Å²) in [5.41, 5.74) is 9.25. The van der Waals surface area contributed by atoms with Crippen molar-refractivity contribution in [1.82, 2.24) is 9.97 Å². The summed E-state index contributed by atoms with van der Waals surface area (Å²) < 4.78 is 0. The summed E-state index contributed by atoms with van der Waals surface area (Å²) in [6.07, 6.45) is 5.81. The second kappa shape index (κ2) is 10.8. The molecule has 2 aromatic heterocycles. The minimum atomic E-state index is 0.922. The number of hydrogen-bond acceptors (Lipinski definition) is 2. The van der Waals surface area contributed by atoms with Crippen LogP contribution in [0.4, 0.5) is 0 Å². The normalized spacial score (nSPS) is 11.5. The molecule has 0 atom stereocenters. The SMILES string of the molecule is c1ccc(-c2c3ccccc3c(-c3ccc(-c4ccc(-c5cncc6ccccc56)nc4)c4ccccc34)c3ccccc23)cc1. The first kappa shape index (κ1) is 26.3. The molecule has 0 bridgehead atoms. The molecular weight excluding hydrogens is 556 g/mol. The van der Waals surface area contributed by atoms with Crippen LogP contribution >= 0.6 is 0 Å². The average molecular weight is 585 g/mol. The quantitative estimate of drug-likeness (QED) is 0.192. The molecule has 7 aromatic carbocycles. The molecule has 2 nitrogen and oxygen atoms in total. The molecule has 0 fully saturated rings. The van der Waals surface area contributed by atoms with E-state index in [1.54, 1.807) is 0 Å². The Labute approximate surface area is 267 Å². The molecule has 214 valence electrons. The van der Waals surface area contributed by atoms with Gasteiger partial charge in [0.1, 0.15) is 0 Å². The second-order valence-electron chi connectivity index (χ2n) is 11.8. The van der Waals surface area contributed by atoms with Crippen molar-refractivity contribution in [2.75, 3.05) is 0 Å². The Morgan fingerprint density at radius 2 is 0.848 bits per heavy atom. The van der Waals surface area contributed by atoms with Crippen LogP contribution < -0.4 is 0 Å². The van der Waals surface area contributed by atoms with Gasteiger partial charge in [0.15, 0.2) is 0 Å². The topological polar surface area (TPSA) is 25.8 Å². The van der Waals surface area contributed by atoms with Crippen LogP contribution in [0.3, 0.4) is 0 Å². The van der Waals surface area contributed by atoms with E-state index in [2.05, 4.69) is 151 Å². The van der Waals surface area contributed by atoms with E-state index < -0.39 is 0 Å². The lowest BCUT2D eigenvalue weighted by molar-refractivity contribution is 1.30. The van der Waals surface area contributed by atoms with Gasteiger partial charge in [0.25, 0.3) is 0 Å². The minimum absolute atomic E-state index is 0.922. The van der Waals surface area contributed by atoms with Crippen molar-refractivity contribution in [3.8, 4) is 44.6 Å². The second-order valence-corrected chi connectivity index (χ2v) is 11.8. The van der Waals surface area contributed by atoms with Crippen LogP contribution in [-0.2, 0) is 0 Å². The van der Waals surface area contributed by atoms with E-state index in [-0.39, 0.29) is 0 Å². The smallest absolute Gasteiger partial charge is 0.0724 e. The first-order chi connectivity index (χ1) is 22.8. The van der Waals surface area contributed by atoms with E-state index in [1.165, 1.54) is 60.1 Å². The molecule has 0 unspecified atom stereocenters. The molecule has 0 amide bonds. The van der Waals surface area contributed by atoms with Crippen molar-refractivity contribution in [2.45, 2.75) is 0 Å². The van der Waals surface area contributed by atoms with Crippen LogP contribution in [0.15, 0.2) is 170 Å². The Morgan fingerprint density at radius 3 is 1.50 bits per heavy atom.